The van der Waals surface area contributed by atoms with E-state index in [2.05, 4.69) is 38.5 Å². The lowest BCUT2D eigenvalue weighted by Crippen LogP contribution is -2.25. The molecule has 0 fully saturated rings. The predicted molar refractivity (Wildman–Crippen MR) is 130 cm³/mol. The second-order valence-electron chi connectivity index (χ2n) is 8.08. The third-order valence-corrected chi connectivity index (χ3v) is 5.62. The first kappa shape index (κ1) is 28.8. The fourth-order valence-corrected chi connectivity index (χ4v) is 3.15. The molecular weight excluding hydrogens is 412 g/mol. The number of hydrogen-bond donors (Lipinski definition) is 1. The summed E-state index contributed by atoms with van der Waals surface area (Å²) in [6.45, 7) is 22.4. The van der Waals surface area contributed by atoms with E-state index in [4.69, 9.17) is 16.3 Å². The highest BCUT2D eigenvalue weighted by molar-refractivity contribution is 6.66. The molecule has 0 spiro atoms. The van der Waals surface area contributed by atoms with E-state index in [0.717, 1.165) is 48.5 Å². The van der Waals surface area contributed by atoms with Gasteiger partial charge in [-0.05, 0) is 94.0 Å². The molecule has 2 rings (SSSR count). The van der Waals surface area contributed by atoms with Gasteiger partial charge in [0.1, 0.15) is 6.10 Å². The molecule has 2 aliphatic carbocycles. The summed E-state index contributed by atoms with van der Waals surface area (Å²) in [4.78, 5) is 20.6. The maximum Gasteiger partial charge on any atom is 0.330 e. The maximum absolute atomic E-state index is 11.1. The number of aliphatic hydroxyl groups excluding tert-OH is 1. The first-order chi connectivity index (χ1) is 14.4. The van der Waals surface area contributed by atoms with Crippen molar-refractivity contribution in [1.29, 1.82) is 0 Å². The molecule has 4 atom stereocenters. The number of carbonyl (C=O) groups excluding carboxylic acids is 2. The smallest absolute Gasteiger partial charge is 0.330 e. The van der Waals surface area contributed by atoms with Crippen molar-refractivity contribution in [3.8, 4) is 0 Å². The standard InChI is InChI=1S/C13H18O2.C10H16O.C3H3ClO/c1-5-13(14)15-12-8-11(9(2)3)7-6-10(12)4;1-7(2)9-5-4-8(3)10(11)6-9;1-2-3(4)5/h5-6,11-12H,1-2,7-8H2,3-4H3;4,9-11H,1,5-6H2,2-3H3;2H,1H2/t11-,12-;9-,10-;/m11./s1. The van der Waals surface area contributed by atoms with Gasteiger partial charge in [0.2, 0.25) is 5.24 Å². The van der Waals surface area contributed by atoms with Crippen LogP contribution in [0, 0.1) is 11.8 Å². The Morgan fingerprint density at radius 2 is 1.45 bits per heavy atom. The molecule has 0 amide bonds. The van der Waals surface area contributed by atoms with Gasteiger partial charge in [-0.25, -0.2) is 4.79 Å². The van der Waals surface area contributed by atoms with Crippen molar-refractivity contribution >= 4 is 22.8 Å². The maximum atomic E-state index is 11.1. The van der Waals surface area contributed by atoms with Crippen molar-refractivity contribution < 1.29 is 19.4 Å². The molecule has 0 aromatic rings. The second-order valence-corrected chi connectivity index (χ2v) is 8.45. The lowest BCUT2D eigenvalue weighted by Gasteiger charge is -2.28. The number of ether oxygens (including phenoxy) is 1. The number of hydrogen-bond acceptors (Lipinski definition) is 4. The summed E-state index contributed by atoms with van der Waals surface area (Å²) in [5, 5.41) is 8.98. The Balaban J connectivity index is 0.000000492. The van der Waals surface area contributed by atoms with Gasteiger partial charge >= 0.3 is 5.97 Å². The molecule has 31 heavy (non-hydrogen) atoms. The number of rotatable bonds is 5. The summed E-state index contributed by atoms with van der Waals surface area (Å²) in [7, 11) is 0. The molecule has 0 heterocycles. The number of esters is 1. The lowest BCUT2D eigenvalue weighted by molar-refractivity contribution is -0.142. The molecule has 0 aliphatic heterocycles. The molecule has 0 saturated carbocycles. The van der Waals surface area contributed by atoms with E-state index in [0.29, 0.717) is 11.8 Å². The zero-order valence-corrected chi connectivity index (χ0v) is 20.1. The summed E-state index contributed by atoms with van der Waals surface area (Å²) in [6.07, 6.45) is 9.92. The van der Waals surface area contributed by atoms with Gasteiger partial charge in [0, 0.05) is 6.08 Å². The minimum Gasteiger partial charge on any atom is -0.455 e. The summed E-state index contributed by atoms with van der Waals surface area (Å²) < 4.78 is 5.27. The zero-order chi connectivity index (χ0) is 24.1. The van der Waals surface area contributed by atoms with Gasteiger partial charge in [-0.1, -0.05) is 49.6 Å². The van der Waals surface area contributed by atoms with Crippen LogP contribution in [0.1, 0.15) is 53.4 Å². The van der Waals surface area contributed by atoms with Crippen LogP contribution in [0.5, 0.6) is 0 Å². The summed E-state index contributed by atoms with van der Waals surface area (Å²) in [5.41, 5.74) is 4.58. The van der Waals surface area contributed by atoms with Crippen LogP contribution in [0.25, 0.3) is 0 Å². The highest BCUT2D eigenvalue weighted by atomic mass is 35.5. The van der Waals surface area contributed by atoms with Crippen molar-refractivity contribution in [2.45, 2.75) is 65.6 Å². The van der Waals surface area contributed by atoms with Crippen LogP contribution in [0.2, 0.25) is 0 Å². The van der Waals surface area contributed by atoms with Gasteiger partial charge in [-0.15, -0.1) is 0 Å². The molecule has 0 aromatic carbocycles. The van der Waals surface area contributed by atoms with Gasteiger partial charge in [-0.3, -0.25) is 4.79 Å². The SMILES string of the molecule is C=C(C)[C@@H]1CC=C(C)[C@H](O)C1.C=CC(=O)Cl.C=CC(=O)O[C@@H]1C[C@H](C(=C)C)CC=C1C. The molecule has 0 bridgehead atoms. The predicted octanol–water partition coefficient (Wildman–Crippen LogP) is 6.23. The van der Waals surface area contributed by atoms with E-state index in [9.17, 15) is 14.7 Å². The van der Waals surface area contributed by atoms with E-state index in [1.165, 1.54) is 11.6 Å². The topological polar surface area (TPSA) is 63.6 Å². The number of carbonyl (C=O) groups is 2. The van der Waals surface area contributed by atoms with Gasteiger partial charge in [-0.2, -0.15) is 0 Å². The number of allylic oxidation sites excluding steroid dienone is 5. The van der Waals surface area contributed by atoms with Crippen molar-refractivity contribution in [2.75, 3.05) is 0 Å². The number of aliphatic hydroxyl groups is 1. The molecule has 0 saturated heterocycles. The molecule has 0 radical (unpaired) electrons. The molecule has 4 nitrogen and oxygen atoms in total. The second kappa shape index (κ2) is 14.8. The van der Waals surface area contributed by atoms with Crippen LogP contribution in [-0.2, 0) is 14.3 Å². The Morgan fingerprint density at radius 3 is 1.84 bits per heavy atom. The average molecular weight is 449 g/mol. The Morgan fingerprint density at radius 1 is 1.00 bits per heavy atom. The molecule has 1 N–H and O–H groups in total. The Hall–Kier alpha value is -2.17. The lowest BCUT2D eigenvalue weighted by atomic mass is 9.84. The van der Waals surface area contributed by atoms with E-state index in [1.807, 2.05) is 27.7 Å². The molecule has 5 heteroatoms. The first-order valence-electron chi connectivity index (χ1n) is 10.4. The quantitative estimate of drug-likeness (QED) is 0.234. The zero-order valence-electron chi connectivity index (χ0n) is 19.3. The molecule has 0 unspecified atom stereocenters. The summed E-state index contributed by atoms with van der Waals surface area (Å²) in [5.74, 6) is 0.570. The van der Waals surface area contributed by atoms with Crippen molar-refractivity contribution in [3.63, 3.8) is 0 Å². The molecule has 2 aliphatic rings. The Labute approximate surface area is 192 Å². The number of halogens is 1. The van der Waals surface area contributed by atoms with Crippen LogP contribution in [0.15, 0.2) is 72.9 Å². The Bertz CT molecular complexity index is 745. The highest BCUT2D eigenvalue weighted by Gasteiger charge is 2.24. The van der Waals surface area contributed by atoms with Crippen molar-refractivity contribution in [2.24, 2.45) is 11.8 Å². The minimum absolute atomic E-state index is 0.106. The third-order valence-electron chi connectivity index (χ3n) is 5.47. The van der Waals surface area contributed by atoms with Gasteiger partial charge in [0.25, 0.3) is 0 Å². The Kier molecular flexibility index (Phi) is 13.7. The van der Waals surface area contributed by atoms with Crippen LogP contribution in [0.3, 0.4) is 0 Å². The van der Waals surface area contributed by atoms with Gasteiger partial charge < -0.3 is 9.84 Å². The molecular formula is C26H37ClO4. The third kappa shape index (κ3) is 11.7. The van der Waals surface area contributed by atoms with Crippen LogP contribution >= 0.6 is 11.6 Å². The summed E-state index contributed by atoms with van der Waals surface area (Å²) >= 11 is 4.71. The van der Waals surface area contributed by atoms with Gasteiger partial charge in [0.15, 0.2) is 0 Å². The van der Waals surface area contributed by atoms with Crippen LogP contribution in [0.4, 0.5) is 0 Å². The average Bonchev–Trinajstić information content (AvgIpc) is 2.72. The van der Waals surface area contributed by atoms with Crippen LogP contribution in [-0.4, -0.2) is 28.5 Å². The fourth-order valence-electron chi connectivity index (χ4n) is 3.15. The normalized spacial score (nSPS) is 24.5. The monoisotopic (exact) mass is 448 g/mol. The van der Waals surface area contributed by atoms with E-state index in [1.54, 1.807) is 0 Å². The van der Waals surface area contributed by atoms with E-state index in [-0.39, 0.29) is 18.2 Å². The van der Waals surface area contributed by atoms with Crippen molar-refractivity contribution in [1.82, 2.24) is 0 Å². The minimum atomic E-state index is -0.509. The molecule has 0 aromatic heterocycles. The van der Waals surface area contributed by atoms with Gasteiger partial charge in [0.05, 0.1) is 6.10 Å². The van der Waals surface area contributed by atoms with E-state index >= 15 is 0 Å². The van der Waals surface area contributed by atoms with Crippen LogP contribution < -0.4 is 0 Å². The first-order valence-corrected chi connectivity index (χ1v) is 10.8. The summed E-state index contributed by atoms with van der Waals surface area (Å²) in [6, 6.07) is 0. The van der Waals surface area contributed by atoms with Crippen molar-refractivity contribution in [3.05, 3.63) is 72.9 Å². The molecule has 172 valence electrons. The van der Waals surface area contributed by atoms with E-state index < -0.39 is 5.24 Å². The fraction of sp³-hybridized carbons (Fsp3) is 0.462. The highest BCUT2D eigenvalue weighted by Crippen LogP contribution is 2.30. The largest absolute Gasteiger partial charge is 0.455 e.